The summed E-state index contributed by atoms with van der Waals surface area (Å²) in [5.74, 6) is -0.125. The van der Waals surface area contributed by atoms with Gasteiger partial charge >= 0.3 is 0 Å². The van der Waals surface area contributed by atoms with Crippen LogP contribution in [0, 0.1) is 11.6 Å². The van der Waals surface area contributed by atoms with Crippen molar-refractivity contribution in [3.05, 3.63) is 131 Å². The Hall–Kier alpha value is -4.39. The van der Waals surface area contributed by atoms with Crippen LogP contribution in [0.4, 0.5) is 8.78 Å². The molecular weight excluding hydrogens is 690 g/mol. The number of nitrogens with zero attached hydrogens (tertiary/aromatic N) is 3. The van der Waals surface area contributed by atoms with E-state index in [0.717, 1.165) is 65.0 Å². The zero-order valence-electron chi connectivity index (χ0n) is 28.8. The Morgan fingerprint density at radius 1 is 0.673 bits per heavy atom. The molecule has 0 bridgehead atoms. The SMILES string of the molecule is O/N=C1/CC2(CCN(Cc3ccccc3)CC2)Oc2cccc(F)c21.O=C1CC2(CCN(Cc3ccccc3)CC2)Oc2cccc(F)c21.ONCl. The van der Waals surface area contributed by atoms with Gasteiger partial charge in [0.25, 0.3) is 0 Å². The summed E-state index contributed by atoms with van der Waals surface area (Å²) in [7, 11) is 0. The molecular formula is C40H43ClF2N4O5. The largest absolute Gasteiger partial charge is 0.486 e. The van der Waals surface area contributed by atoms with E-state index in [-0.39, 0.29) is 17.8 Å². The molecule has 4 aliphatic heterocycles. The van der Waals surface area contributed by atoms with Crippen LogP contribution in [0.2, 0.25) is 0 Å². The normalized spacial score (nSPS) is 19.6. The molecule has 4 aliphatic rings. The predicted octanol–water partition coefficient (Wildman–Crippen LogP) is 7.77. The van der Waals surface area contributed by atoms with Crippen molar-refractivity contribution in [1.29, 1.82) is 0 Å². The number of rotatable bonds is 4. The molecule has 4 heterocycles. The van der Waals surface area contributed by atoms with E-state index in [1.165, 1.54) is 28.3 Å². The smallest absolute Gasteiger partial charge is 0.173 e. The number of carbonyl (C=O) groups excluding carboxylic acids is 1. The van der Waals surface area contributed by atoms with E-state index < -0.39 is 22.8 Å². The summed E-state index contributed by atoms with van der Waals surface area (Å²) in [5, 5.41) is 19.8. The number of ether oxygens (including phenoxy) is 2. The van der Waals surface area contributed by atoms with Crippen LogP contribution in [0.15, 0.2) is 102 Å². The number of nitrogens with one attached hydrogen (secondary N) is 1. The van der Waals surface area contributed by atoms with Crippen molar-refractivity contribution in [2.24, 2.45) is 5.16 Å². The third-order valence-electron chi connectivity index (χ3n) is 10.3. The van der Waals surface area contributed by atoms with Gasteiger partial charge in [0.15, 0.2) is 5.78 Å². The number of ketones is 1. The maximum Gasteiger partial charge on any atom is 0.173 e. The molecule has 9 nitrogen and oxygen atoms in total. The number of hydrogen-bond acceptors (Lipinski definition) is 9. The number of fused-ring (bicyclic) bond motifs is 2. The first-order valence-electron chi connectivity index (χ1n) is 17.5. The Balaban J connectivity index is 0.000000166. The van der Waals surface area contributed by atoms with E-state index in [0.29, 0.717) is 29.2 Å². The van der Waals surface area contributed by atoms with Crippen LogP contribution in [-0.2, 0) is 13.1 Å². The van der Waals surface area contributed by atoms with E-state index in [1.54, 1.807) is 24.3 Å². The van der Waals surface area contributed by atoms with Gasteiger partial charge in [0.2, 0.25) is 0 Å². The number of likely N-dealkylation sites (tertiary alicyclic amines) is 2. The minimum absolute atomic E-state index is 0.120. The van der Waals surface area contributed by atoms with E-state index in [1.807, 2.05) is 12.1 Å². The van der Waals surface area contributed by atoms with Crippen LogP contribution in [0.25, 0.3) is 0 Å². The molecule has 0 amide bonds. The lowest BCUT2D eigenvalue weighted by atomic mass is 9.82. The van der Waals surface area contributed by atoms with Gasteiger partial charge in [0, 0.05) is 83.1 Å². The van der Waals surface area contributed by atoms with Gasteiger partial charge in [-0.25, -0.2) is 8.78 Å². The van der Waals surface area contributed by atoms with Gasteiger partial charge in [-0.2, -0.15) is 0 Å². The summed E-state index contributed by atoms with van der Waals surface area (Å²) in [5.41, 5.74) is 2.52. The first-order valence-corrected chi connectivity index (χ1v) is 17.9. The molecule has 12 heteroatoms. The Labute approximate surface area is 307 Å². The molecule has 0 atom stereocenters. The molecule has 0 unspecified atom stereocenters. The minimum Gasteiger partial charge on any atom is -0.486 e. The standard InChI is InChI=1S/C20H21FN2O2.C20H20FNO2.ClH2NO/c21-16-7-4-8-18-19(16)17(22-24)13-20(25-18)9-11-23(12-10-20)14-15-5-2-1-3-6-15;21-16-7-4-8-18-19(16)17(23)13-20(24-18)9-11-22(12-10-20)14-15-5-2-1-3-6-15;1-2-3/h1-8,24H,9-14H2;1-8H,9-14H2;2-3H/b22-17-;;. The molecule has 0 aliphatic carbocycles. The highest BCUT2D eigenvalue weighted by atomic mass is 35.5. The Morgan fingerprint density at radius 3 is 1.56 bits per heavy atom. The molecule has 274 valence electrons. The second kappa shape index (κ2) is 17.0. The lowest BCUT2D eigenvalue weighted by Crippen LogP contribution is -2.51. The molecule has 0 saturated carbocycles. The maximum absolute atomic E-state index is 14.1. The van der Waals surface area contributed by atoms with E-state index in [9.17, 15) is 18.8 Å². The summed E-state index contributed by atoms with van der Waals surface area (Å²) in [6.45, 7) is 5.40. The van der Waals surface area contributed by atoms with Crippen molar-refractivity contribution in [3.63, 3.8) is 0 Å². The van der Waals surface area contributed by atoms with Crippen molar-refractivity contribution in [2.75, 3.05) is 26.2 Å². The number of halogens is 3. The first-order chi connectivity index (χ1) is 25.3. The quantitative estimate of drug-likeness (QED) is 0.111. The van der Waals surface area contributed by atoms with Crippen molar-refractivity contribution >= 4 is 23.3 Å². The highest BCUT2D eigenvalue weighted by molar-refractivity contribution is 6.12. The summed E-state index contributed by atoms with van der Waals surface area (Å²) in [6.07, 6.45) is 3.96. The Morgan fingerprint density at radius 2 is 1.10 bits per heavy atom. The topological polar surface area (TPSA) is 107 Å². The lowest BCUT2D eigenvalue weighted by molar-refractivity contribution is -0.0112. The summed E-state index contributed by atoms with van der Waals surface area (Å²) in [4.78, 5) is 18.4. The first kappa shape index (κ1) is 37.4. The van der Waals surface area contributed by atoms with Crippen LogP contribution in [0.1, 0.15) is 65.6 Å². The summed E-state index contributed by atoms with van der Waals surface area (Å²) in [6, 6.07) is 30.2. The Bertz CT molecular complexity index is 1830. The highest BCUT2D eigenvalue weighted by Gasteiger charge is 2.44. The van der Waals surface area contributed by atoms with Crippen molar-refractivity contribution in [3.8, 4) is 11.5 Å². The van der Waals surface area contributed by atoms with Crippen LogP contribution in [0.5, 0.6) is 11.5 Å². The molecule has 8 rings (SSSR count). The molecule has 4 aromatic carbocycles. The van der Waals surface area contributed by atoms with E-state index in [2.05, 4.69) is 75.3 Å². The van der Waals surface area contributed by atoms with E-state index in [4.69, 9.17) is 14.7 Å². The summed E-state index contributed by atoms with van der Waals surface area (Å²) >= 11 is 4.30. The lowest BCUT2D eigenvalue weighted by Gasteiger charge is -2.44. The van der Waals surface area contributed by atoms with Gasteiger partial charge in [-0.15, -0.1) is 5.00 Å². The van der Waals surface area contributed by atoms with Crippen LogP contribution in [-0.4, -0.2) is 69.1 Å². The second-order valence-electron chi connectivity index (χ2n) is 13.7. The maximum atomic E-state index is 14.1. The molecule has 4 aromatic rings. The molecule has 2 fully saturated rings. The van der Waals surface area contributed by atoms with Crippen LogP contribution < -0.4 is 14.5 Å². The average Bonchev–Trinajstić information content (AvgIpc) is 3.15. The Kier molecular flexibility index (Phi) is 12.2. The summed E-state index contributed by atoms with van der Waals surface area (Å²) < 4.78 is 40.3. The number of oxime groups is 1. The number of hydrogen-bond donors (Lipinski definition) is 3. The average molecular weight is 733 g/mol. The van der Waals surface area contributed by atoms with Crippen molar-refractivity contribution in [1.82, 2.24) is 14.8 Å². The molecule has 3 N–H and O–H groups in total. The molecule has 0 radical (unpaired) electrons. The predicted molar refractivity (Wildman–Crippen MR) is 194 cm³/mol. The monoisotopic (exact) mass is 732 g/mol. The van der Waals surface area contributed by atoms with E-state index >= 15 is 0 Å². The molecule has 0 aromatic heterocycles. The second-order valence-corrected chi connectivity index (χ2v) is 13.9. The van der Waals surface area contributed by atoms with Gasteiger partial charge in [-0.3, -0.25) is 14.6 Å². The van der Waals surface area contributed by atoms with Crippen LogP contribution >= 0.6 is 11.8 Å². The third-order valence-corrected chi connectivity index (χ3v) is 10.3. The highest BCUT2D eigenvalue weighted by Crippen LogP contribution is 2.42. The third kappa shape index (κ3) is 8.79. The van der Waals surface area contributed by atoms with Crippen molar-refractivity contribution in [2.45, 2.75) is 62.8 Å². The molecule has 52 heavy (non-hydrogen) atoms. The van der Waals surface area contributed by atoms with Gasteiger partial charge in [-0.05, 0) is 35.4 Å². The fraction of sp³-hybridized carbons (Fsp3) is 0.350. The van der Waals surface area contributed by atoms with Gasteiger partial charge in [0.1, 0.15) is 34.3 Å². The fourth-order valence-corrected chi connectivity index (χ4v) is 7.61. The van der Waals surface area contributed by atoms with Gasteiger partial charge < -0.3 is 19.9 Å². The number of benzene rings is 4. The number of Topliss-reactive ketones (excluding diaryl/α,β-unsaturated/α-hetero) is 1. The molecule has 2 spiro atoms. The number of piperidine rings is 2. The van der Waals surface area contributed by atoms with Gasteiger partial charge in [0.05, 0.1) is 23.3 Å². The zero-order chi connectivity index (χ0) is 36.6. The van der Waals surface area contributed by atoms with Crippen LogP contribution in [0.3, 0.4) is 0 Å². The van der Waals surface area contributed by atoms with Crippen molar-refractivity contribution < 1.29 is 33.5 Å². The minimum atomic E-state index is -0.478. The number of carbonyl (C=O) groups is 1. The molecule has 2 saturated heterocycles. The zero-order valence-corrected chi connectivity index (χ0v) is 29.6. The van der Waals surface area contributed by atoms with Gasteiger partial charge in [-0.1, -0.05) is 78.0 Å². The fourth-order valence-electron chi connectivity index (χ4n) is 7.61.